The van der Waals surface area contributed by atoms with Gasteiger partial charge in [-0.05, 0) is 110 Å². The number of hydrogen-bond donors (Lipinski definition) is 0. The van der Waals surface area contributed by atoms with Gasteiger partial charge in [0.2, 0.25) is 0 Å². The first-order valence-corrected chi connectivity index (χ1v) is 21.6. The fraction of sp³-hybridized carbons (Fsp3) is 0. The van der Waals surface area contributed by atoms with Gasteiger partial charge in [-0.25, -0.2) is 0 Å². The molecule has 0 amide bonds. The van der Waals surface area contributed by atoms with Crippen LogP contribution in [0.1, 0.15) is 0 Å². The average Bonchev–Trinajstić information content (AvgIpc) is 3.90. The van der Waals surface area contributed by atoms with E-state index in [1.54, 1.807) is 0 Å². The predicted octanol–water partition coefficient (Wildman–Crippen LogP) is 16.9. The van der Waals surface area contributed by atoms with Crippen LogP contribution in [0.2, 0.25) is 0 Å². The average molecular weight is 803 g/mol. The summed E-state index contributed by atoms with van der Waals surface area (Å²) in [5.74, 6) is 0. The Kier molecular flexibility index (Phi) is 7.91. The number of aromatic nitrogens is 1. The van der Waals surface area contributed by atoms with Crippen LogP contribution in [-0.2, 0) is 0 Å². The quantitative estimate of drug-likeness (QED) is 0.156. The number of rotatable bonds is 6. The smallest absolute Gasteiger partial charge is 0.137 e. The molecular formula is C60H38N2O. The van der Waals surface area contributed by atoms with Crippen LogP contribution in [0.15, 0.2) is 235 Å². The summed E-state index contributed by atoms with van der Waals surface area (Å²) in [5, 5.41) is 10.9. The first-order chi connectivity index (χ1) is 31.2. The van der Waals surface area contributed by atoms with Crippen LogP contribution >= 0.6 is 0 Å². The van der Waals surface area contributed by atoms with Crippen molar-refractivity contribution < 1.29 is 4.42 Å². The Morgan fingerprint density at radius 3 is 1.75 bits per heavy atom. The lowest BCUT2D eigenvalue weighted by atomic mass is 9.91. The van der Waals surface area contributed by atoms with Crippen LogP contribution in [0.4, 0.5) is 17.1 Å². The molecule has 0 aliphatic carbocycles. The van der Waals surface area contributed by atoms with Crippen LogP contribution in [-0.4, -0.2) is 4.40 Å². The minimum Gasteiger partial charge on any atom is -0.456 e. The second-order valence-electron chi connectivity index (χ2n) is 16.5. The minimum absolute atomic E-state index is 0.860. The molecule has 0 aliphatic heterocycles. The number of benzene rings is 10. The van der Waals surface area contributed by atoms with Crippen molar-refractivity contribution in [1.29, 1.82) is 0 Å². The van der Waals surface area contributed by atoms with E-state index in [0.717, 1.165) is 50.1 Å². The van der Waals surface area contributed by atoms with Gasteiger partial charge in [0.25, 0.3) is 0 Å². The number of anilines is 3. The molecule has 63 heavy (non-hydrogen) atoms. The normalized spacial score (nSPS) is 11.8. The fourth-order valence-electron chi connectivity index (χ4n) is 10.1. The third-order valence-electron chi connectivity index (χ3n) is 13.0. The minimum atomic E-state index is 0.860. The van der Waals surface area contributed by atoms with Crippen LogP contribution < -0.4 is 4.90 Å². The van der Waals surface area contributed by atoms with Crippen molar-refractivity contribution in [1.82, 2.24) is 4.40 Å². The highest BCUT2D eigenvalue weighted by atomic mass is 16.3. The van der Waals surface area contributed by atoms with Gasteiger partial charge in [0, 0.05) is 56.1 Å². The lowest BCUT2D eigenvalue weighted by Crippen LogP contribution is -2.10. The largest absolute Gasteiger partial charge is 0.456 e. The summed E-state index contributed by atoms with van der Waals surface area (Å²) in [6.45, 7) is 0. The van der Waals surface area contributed by atoms with Gasteiger partial charge in [-0.15, -0.1) is 0 Å². The van der Waals surface area contributed by atoms with Crippen molar-refractivity contribution in [2.75, 3.05) is 4.90 Å². The highest BCUT2D eigenvalue weighted by Crippen LogP contribution is 2.46. The Hall–Kier alpha value is -8.40. The SMILES string of the molecule is c1ccc(-c2ccc3c(c2)oc2cc(N(c4ccc(-c5ccc6c(c5)c5ccccc5c5c6c(-c6ccccc6)c6ccccn65)cc4)c4cccc5ccccc45)ccc23)cc1. The van der Waals surface area contributed by atoms with Gasteiger partial charge >= 0.3 is 0 Å². The second kappa shape index (κ2) is 14.1. The van der Waals surface area contributed by atoms with Crippen LogP contribution in [0.25, 0.3) is 104 Å². The van der Waals surface area contributed by atoms with E-state index in [-0.39, 0.29) is 0 Å². The van der Waals surface area contributed by atoms with Crippen molar-refractivity contribution in [2.24, 2.45) is 0 Å². The summed E-state index contributed by atoms with van der Waals surface area (Å²) in [5.41, 5.74) is 14.6. The fourth-order valence-corrected chi connectivity index (χ4v) is 10.1. The van der Waals surface area contributed by atoms with Crippen molar-refractivity contribution >= 4 is 87.7 Å². The summed E-state index contributed by atoms with van der Waals surface area (Å²) in [6, 6.07) is 81.1. The Morgan fingerprint density at radius 2 is 0.937 bits per heavy atom. The summed E-state index contributed by atoms with van der Waals surface area (Å²) in [4.78, 5) is 2.36. The second-order valence-corrected chi connectivity index (χ2v) is 16.5. The highest BCUT2D eigenvalue weighted by molar-refractivity contribution is 6.30. The van der Waals surface area contributed by atoms with E-state index in [1.165, 1.54) is 71.0 Å². The van der Waals surface area contributed by atoms with Gasteiger partial charge in [0.15, 0.2) is 0 Å². The Bertz CT molecular complexity index is 3890. The standard InChI is InChI=1S/C60H38N2O/c1-3-14-39(15-4-1)44-27-32-49-50-34-31-46(38-57(50)63-56(49)37-44)62(54-24-13-19-41-16-7-8-20-47(41)54)45-29-25-40(26-30-45)43-28-33-51-53(36-43)48-21-9-10-22-52(48)60-59(51)58(42-17-5-2-6-18-42)55-23-11-12-35-61(55)60/h1-38H. The van der Waals surface area contributed by atoms with E-state index in [1.807, 2.05) is 0 Å². The Balaban J connectivity index is 0.959. The van der Waals surface area contributed by atoms with Gasteiger partial charge in [0.05, 0.1) is 16.7 Å². The molecule has 294 valence electrons. The van der Waals surface area contributed by atoms with Crippen molar-refractivity contribution in [3.05, 3.63) is 231 Å². The van der Waals surface area contributed by atoms with E-state index in [9.17, 15) is 0 Å². The molecule has 0 saturated heterocycles. The summed E-state index contributed by atoms with van der Waals surface area (Å²) in [6.07, 6.45) is 2.20. The Morgan fingerprint density at radius 1 is 0.349 bits per heavy atom. The molecule has 0 unspecified atom stereocenters. The number of furan rings is 1. The highest BCUT2D eigenvalue weighted by Gasteiger charge is 2.21. The van der Waals surface area contributed by atoms with E-state index in [0.29, 0.717) is 0 Å². The molecule has 0 N–H and O–H groups in total. The maximum absolute atomic E-state index is 6.66. The zero-order chi connectivity index (χ0) is 41.4. The molecule has 3 heterocycles. The summed E-state index contributed by atoms with van der Waals surface area (Å²) >= 11 is 0. The monoisotopic (exact) mass is 802 g/mol. The maximum Gasteiger partial charge on any atom is 0.137 e. The van der Waals surface area contributed by atoms with Crippen molar-refractivity contribution in [3.63, 3.8) is 0 Å². The Labute approximate surface area is 363 Å². The maximum atomic E-state index is 6.66. The summed E-state index contributed by atoms with van der Waals surface area (Å²) in [7, 11) is 0. The first kappa shape index (κ1) is 35.4. The number of fused-ring (bicyclic) bond motifs is 12. The van der Waals surface area contributed by atoms with Gasteiger partial charge in [-0.2, -0.15) is 0 Å². The zero-order valence-electron chi connectivity index (χ0n) is 34.2. The van der Waals surface area contributed by atoms with Gasteiger partial charge in [-0.1, -0.05) is 158 Å². The lowest BCUT2D eigenvalue weighted by Gasteiger charge is -2.27. The molecule has 0 bridgehead atoms. The molecule has 10 aromatic carbocycles. The molecular weight excluding hydrogens is 765 g/mol. The third kappa shape index (κ3) is 5.60. The number of hydrogen-bond acceptors (Lipinski definition) is 2. The molecule has 0 atom stereocenters. The van der Waals surface area contributed by atoms with Gasteiger partial charge < -0.3 is 13.7 Å². The van der Waals surface area contributed by atoms with Gasteiger partial charge in [-0.3, -0.25) is 0 Å². The topological polar surface area (TPSA) is 20.8 Å². The van der Waals surface area contributed by atoms with E-state index in [4.69, 9.17) is 4.42 Å². The molecule has 3 heteroatoms. The lowest BCUT2D eigenvalue weighted by molar-refractivity contribution is 0.669. The van der Waals surface area contributed by atoms with Gasteiger partial charge in [0.1, 0.15) is 11.2 Å². The summed E-state index contributed by atoms with van der Waals surface area (Å²) < 4.78 is 9.03. The molecule has 3 aromatic heterocycles. The van der Waals surface area contributed by atoms with E-state index in [2.05, 4.69) is 240 Å². The van der Waals surface area contributed by atoms with Crippen LogP contribution in [0.5, 0.6) is 0 Å². The van der Waals surface area contributed by atoms with Crippen LogP contribution in [0, 0.1) is 0 Å². The molecule has 0 aliphatic rings. The van der Waals surface area contributed by atoms with Crippen molar-refractivity contribution in [3.8, 4) is 33.4 Å². The molecule has 13 rings (SSSR count). The number of nitrogens with zero attached hydrogens (tertiary/aromatic N) is 2. The number of pyridine rings is 1. The molecule has 3 nitrogen and oxygen atoms in total. The molecule has 0 saturated carbocycles. The molecule has 0 fully saturated rings. The van der Waals surface area contributed by atoms with Crippen molar-refractivity contribution in [2.45, 2.75) is 0 Å². The molecule has 0 spiro atoms. The predicted molar refractivity (Wildman–Crippen MR) is 266 cm³/mol. The van der Waals surface area contributed by atoms with E-state index < -0.39 is 0 Å². The zero-order valence-corrected chi connectivity index (χ0v) is 34.2. The first-order valence-electron chi connectivity index (χ1n) is 21.6. The third-order valence-corrected chi connectivity index (χ3v) is 13.0. The van der Waals surface area contributed by atoms with E-state index >= 15 is 0 Å². The molecule has 13 aromatic rings. The molecule has 0 radical (unpaired) electrons. The van der Waals surface area contributed by atoms with Crippen LogP contribution in [0.3, 0.4) is 0 Å².